The molecule has 0 bridgehead atoms. The number of aryl methyl sites for hydroxylation is 3. The number of thioether (sulfide) groups is 1. The molecule has 1 atom stereocenters. The van der Waals surface area contributed by atoms with E-state index in [1.807, 2.05) is 11.8 Å². The number of benzene rings is 1. The summed E-state index contributed by atoms with van der Waals surface area (Å²) in [5.74, 6) is 2.41. The molecule has 1 aromatic rings. The standard InChI is InChI=1S/C15H25NS/c1-6-7-17-10-15(16-5)14-9-12(3)11(2)8-13(14)4/h8-9,15-16H,6-7,10H2,1-5H3. The van der Waals surface area contributed by atoms with Gasteiger partial charge in [-0.1, -0.05) is 19.1 Å². The first-order chi connectivity index (χ1) is 8.10. The van der Waals surface area contributed by atoms with E-state index < -0.39 is 0 Å². The maximum absolute atomic E-state index is 3.44. The summed E-state index contributed by atoms with van der Waals surface area (Å²) in [4.78, 5) is 0. The number of hydrogen-bond acceptors (Lipinski definition) is 2. The van der Waals surface area contributed by atoms with Crippen LogP contribution in [-0.4, -0.2) is 18.6 Å². The molecule has 1 aromatic carbocycles. The molecule has 1 rings (SSSR count). The molecule has 0 amide bonds. The van der Waals surface area contributed by atoms with Crippen LogP contribution in [0.2, 0.25) is 0 Å². The summed E-state index contributed by atoms with van der Waals surface area (Å²) in [7, 11) is 2.06. The molecule has 0 saturated heterocycles. The Balaban J connectivity index is 2.84. The molecule has 96 valence electrons. The summed E-state index contributed by atoms with van der Waals surface area (Å²) < 4.78 is 0. The van der Waals surface area contributed by atoms with Gasteiger partial charge in [0.05, 0.1) is 0 Å². The molecule has 1 nitrogen and oxygen atoms in total. The lowest BCUT2D eigenvalue weighted by Gasteiger charge is -2.20. The van der Waals surface area contributed by atoms with Crippen molar-refractivity contribution in [2.75, 3.05) is 18.6 Å². The van der Waals surface area contributed by atoms with Gasteiger partial charge >= 0.3 is 0 Å². The zero-order valence-corrected chi connectivity index (χ0v) is 12.6. The minimum absolute atomic E-state index is 0.478. The lowest BCUT2D eigenvalue weighted by Crippen LogP contribution is -2.20. The molecule has 0 radical (unpaired) electrons. The molecule has 0 aromatic heterocycles. The highest BCUT2D eigenvalue weighted by atomic mass is 32.2. The highest BCUT2D eigenvalue weighted by Gasteiger charge is 2.12. The van der Waals surface area contributed by atoms with Gasteiger partial charge in [-0.15, -0.1) is 0 Å². The molecule has 0 aliphatic heterocycles. The van der Waals surface area contributed by atoms with Gasteiger partial charge in [0, 0.05) is 11.8 Å². The molecule has 0 fully saturated rings. The summed E-state index contributed by atoms with van der Waals surface area (Å²) >= 11 is 2.04. The lowest BCUT2D eigenvalue weighted by atomic mass is 9.96. The smallest absolute Gasteiger partial charge is 0.0412 e. The van der Waals surface area contributed by atoms with Gasteiger partial charge in [-0.05, 0) is 62.2 Å². The Kier molecular flexibility index (Phi) is 6.07. The van der Waals surface area contributed by atoms with E-state index in [1.165, 1.54) is 34.4 Å². The summed E-state index contributed by atoms with van der Waals surface area (Å²) in [5.41, 5.74) is 5.65. The van der Waals surface area contributed by atoms with E-state index in [4.69, 9.17) is 0 Å². The molecular formula is C15H25NS. The van der Waals surface area contributed by atoms with Crippen LogP contribution in [0.3, 0.4) is 0 Å². The van der Waals surface area contributed by atoms with Crippen molar-refractivity contribution in [3.63, 3.8) is 0 Å². The third-order valence-corrected chi connectivity index (χ3v) is 4.51. The highest BCUT2D eigenvalue weighted by molar-refractivity contribution is 7.99. The Bertz CT molecular complexity index is 360. The number of nitrogens with one attached hydrogen (secondary N) is 1. The average Bonchev–Trinajstić information content (AvgIpc) is 2.30. The maximum Gasteiger partial charge on any atom is 0.0412 e. The van der Waals surface area contributed by atoms with E-state index in [2.05, 4.69) is 52.2 Å². The second kappa shape index (κ2) is 7.07. The van der Waals surface area contributed by atoms with Crippen molar-refractivity contribution < 1.29 is 0 Å². The van der Waals surface area contributed by atoms with Gasteiger partial charge in [-0.2, -0.15) is 11.8 Å². The third kappa shape index (κ3) is 4.04. The fourth-order valence-corrected chi connectivity index (χ4v) is 3.07. The van der Waals surface area contributed by atoms with E-state index in [0.717, 1.165) is 5.75 Å². The van der Waals surface area contributed by atoms with Crippen LogP contribution in [-0.2, 0) is 0 Å². The SMILES string of the molecule is CCCSCC(NC)c1cc(C)c(C)cc1C. The van der Waals surface area contributed by atoms with Gasteiger partial charge in [0.1, 0.15) is 0 Å². The van der Waals surface area contributed by atoms with Crippen molar-refractivity contribution in [2.45, 2.75) is 40.2 Å². The second-order valence-corrected chi connectivity index (χ2v) is 5.86. The Morgan fingerprint density at radius 3 is 2.35 bits per heavy atom. The predicted octanol–water partition coefficient (Wildman–Crippen LogP) is 4.02. The van der Waals surface area contributed by atoms with Crippen molar-refractivity contribution in [3.05, 3.63) is 34.4 Å². The quantitative estimate of drug-likeness (QED) is 0.767. The summed E-state index contributed by atoms with van der Waals surface area (Å²) in [5, 5.41) is 3.44. The molecule has 1 N–H and O–H groups in total. The van der Waals surface area contributed by atoms with Crippen LogP contribution < -0.4 is 5.32 Å². The Labute approximate surface area is 110 Å². The first-order valence-electron chi connectivity index (χ1n) is 6.42. The molecule has 17 heavy (non-hydrogen) atoms. The van der Waals surface area contributed by atoms with Crippen LogP contribution in [0.1, 0.15) is 41.6 Å². The summed E-state index contributed by atoms with van der Waals surface area (Å²) in [6.45, 7) is 8.84. The second-order valence-electron chi connectivity index (χ2n) is 4.71. The Hall–Kier alpha value is -0.470. The average molecular weight is 251 g/mol. The fourth-order valence-electron chi connectivity index (χ4n) is 2.03. The molecule has 0 heterocycles. The zero-order chi connectivity index (χ0) is 12.8. The first-order valence-corrected chi connectivity index (χ1v) is 7.58. The highest BCUT2D eigenvalue weighted by Crippen LogP contribution is 2.24. The van der Waals surface area contributed by atoms with Crippen LogP contribution in [0, 0.1) is 20.8 Å². The van der Waals surface area contributed by atoms with Crippen LogP contribution in [0.4, 0.5) is 0 Å². The number of rotatable bonds is 6. The third-order valence-electron chi connectivity index (χ3n) is 3.24. The zero-order valence-electron chi connectivity index (χ0n) is 11.8. The molecule has 0 aliphatic rings. The van der Waals surface area contributed by atoms with Gasteiger partial charge in [0.15, 0.2) is 0 Å². The van der Waals surface area contributed by atoms with Gasteiger partial charge in [-0.25, -0.2) is 0 Å². The van der Waals surface area contributed by atoms with Crippen molar-refractivity contribution >= 4 is 11.8 Å². The Morgan fingerprint density at radius 2 is 1.76 bits per heavy atom. The van der Waals surface area contributed by atoms with Gasteiger partial charge in [0.2, 0.25) is 0 Å². The summed E-state index contributed by atoms with van der Waals surface area (Å²) in [6, 6.07) is 5.13. The maximum atomic E-state index is 3.44. The van der Waals surface area contributed by atoms with Crippen molar-refractivity contribution in [1.29, 1.82) is 0 Å². The van der Waals surface area contributed by atoms with Gasteiger partial charge in [-0.3, -0.25) is 0 Å². The van der Waals surface area contributed by atoms with E-state index in [9.17, 15) is 0 Å². The molecular weight excluding hydrogens is 226 g/mol. The topological polar surface area (TPSA) is 12.0 Å². The van der Waals surface area contributed by atoms with Crippen molar-refractivity contribution in [1.82, 2.24) is 5.32 Å². The Morgan fingerprint density at radius 1 is 1.12 bits per heavy atom. The lowest BCUT2D eigenvalue weighted by molar-refractivity contribution is 0.657. The van der Waals surface area contributed by atoms with Crippen LogP contribution in [0.5, 0.6) is 0 Å². The van der Waals surface area contributed by atoms with Crippen LogP contribution in [0.25, 0.3) is 0 Å². The fraction of sp³-hybridized carbons (Fsp3) is 0.600. The van der Waals surface area contributed by atoms with Crippen LogP contribution >= 0.6 is 11.8 Å². The predicted molar refractivity (Wildman–Crippen MR) is 80.1 cm³/mol. The van der Waals surface area contributed by atoms with E-state index >= 15 is 0 Å². The normalized spacial score (nSPS) is 12.8. The van der Waals surface area contributed by atoms with Crippen molar-refractivity contribution in [2.24, 2.45) is 0 Å². The minimum Gasteiger partial charge on any atom is -0.312 e. The molecule has 0 spiro atoms. The summed E-state index contributed by atoms with van der Waals surface area (Å²) in [6.07, 6.45) is 1.26. The van der Waals surface area contributed by atoms with E-state index in [1.54, 1.807) is 0 Å². The van der Waals surface area contributed by atoms with Gasteiger partial charge < -0.3 is 5.32 Å². The first kappa shape index (κ1) is 14.6. The van der Waals surface area contributed by atoms with E-state index in [0.29, 0.717) is 6.04 Å². The van der Waals surface area contributed by atoms with Crippen LogP contribution in [0.15, 0.2) is 12.1 Å². The monoisotopic (exact) mass is 251 g/mol. The molecule has 2 heteroatoms. The minimum atomic E-state index is 0.478. The van der Waals surface area contributed by atoms with E-state index in [-0.39, 0.29) is 0 Å². The van der Waals surface area contributed by atoms with Gasteiger partial charge in [0.25, 0.3) is 0 Å². The number of hydrogen-bond donors (Lipinski definition) is 1. The largest absolute Gasteiger partial charge is 0.312 e. The molecule has 0 aliphatic carbocycles. The molecule has 1 unspecified atom stereocenters. The van der Waals surface area contributed by atoms with Crippen molar-refractivity contribution in [3.8, 4) is 0 Å². The molecule has 0 saturated carbocycles.